The number of rotatable bonds is 8. The largest absolute Gasteiger partial charge is 0.546 e. The van der Waals surface area contributed by atoms with Crippen LogP contribution in [0.15, 0.2) is 18.2 Å². The SMILES string of the molecule is CC(C)(Oc1ccc(C(=O)CN)cc1OCC(=O)[O-])C(=O)[O-].O=C([O-])C(F)(F)F. The molecule has 29 heavy (non-hydrogen) atoms. The molecule has 0 bridgehead atoms. The molecule has 10 nitrogen and oxygen atoms in total. The van der Waals surface area contributed by atoms with E-state index in [4.69, 9.17) is 25.1 Å². The van der Waals surface area contributed by atoms with Crippen molar-refractivity contribution < 1.29 is 57.1 Å². The van der Waals surface area contributed by atoms with Gasteiger partial charge >= 0.3 is 6.18 Å². The summed E-state index contributed by atoms with van der Waals surface area (Å²) in [7, 11) is 0. The summed E-state index contributed by atoms with van der Waals surface area (Å²) in [4.78, 5) is 41.8. The third-order valence-corrected chi connectivity index (χ3v) is 2.88. The summed E-state index contributed by atoms with van der Waals surface area (Å²) in [6, 6.07) is 3.87. The number of nitrogens with two attached hydrogens (primary N) is 1. The number of ether oxygens (including phenoxy) is 2. The maximum absolute atomic E-state index is 11.6. The minimum atomic E-state index is -5.19. The molecule has 0 fully saturated rings. The van der Waals surface area contributed by atoms with Gasteiger partial charge in [0.05, 0.1) is 18.5 Å². The lowest BCUT2D eigenvalue weighted by Crippen LogP contribution is -2.48. The van der Waals surface area contributed by atoms with Crippen LogP contribution in [0, 0.1) is 0 Å². The van der Waals surface area contributed by atoms with Gasteiger partial charge in [-0.2, -0.15) is 13.2 Å². The van der Waals surface area contributed by atoms with Crippen molar-refractivity contribution in [1.29, 1.82) is 0 Å². The van der Waals surface area contributed by atoms with Gasteiger partial charge in [-0.3, -0.25) is 4.79 Å². The molecule has 0 spiro atoms. The molecule has 0 atom stereocenters. The van der Waals surface area contributed by atoms with Gasteiger partial charge in [0.2, 0.25) is 0 Å². The van der Waals surface area contributed by atoms with Gasteiger partial charge in [-0.1, -0.05) is 0 Å². The van der Waals surface area contributed by atoms with Crippen molar-refractivity contribution in [3.05, 3.63) is 23.8 Å². The minimum Gasteiger partial charge on any atom is -0.546 e. The van der Waals surface area contributed by atoms with E-state index in [2.05, 4.69) is 0 Å². The number of Topliss-reactive ketones (excluding diaryl/α,β-unsaturated/α-hetero) is 1. The molecule has 0 aliphatic rings. The molecule has 0 saturated carbocycles. The summed E-state index contributed by atoms with van der Waals surface area (Å²) < 4.78 is 41.8. The van der Waals surface area contributed by atoms with Crippen LogP contribution >= 0.6 is 0 Å². The second kappa shape index (κ2) is 10.3. The van der Waals surface area contributed by atoms with Crippen LogP contribution in [0.1, 0.15) is 24.2 Å². The van der Waals surface area contributed by atoms with Crippen LogP contribution in [0.2, 0.25) is 0 Å². The number of benzene rings is 1. The molecule has 1 aromatic rings. The predicted octanol–water partition coefficient (Wildman–Crippen LogP) is -2.84. The quantitative estimate of drug-likeness (QED) is 0.428. The summed E-state index contributed by atoms with van der Waals surface area (Å²) in [5, 5.41) is 30.2. The van der Waals surface area contributed by atoms with Gasteiger partial charge in [0, 0.05) is 5.56 Å². The number of ketones is 1. The van der Waals surface area contributed by atoms with Crippen LogP contribution in [0.4, 0.5) is 13.2 Å². The Labute approximate surface area is 161 Å². The first-order chi connectivity index (χ1) is 13.1. The van der Waals surface area contributed by atoms with Crippen LogP contribution < -0.4 is 30.5 Å². The lowest BCUT2D eigenvalue weighted by molar-refractivity contribution is -0.344. The van der Waals surface area contributed by atoms with E-state index in [-0.39, 0.29) is 23.6 Å². The highest BCUT2D eigenvalue weighted by atomic mass is 19.4. The van der Waals surface area contributed by atoms with Gasteiger partial charge < -0.3 is 44.9 Å². The topological polar surface area (TPSA) is 182 Å². The molecule has 0 saturated heterocycles. The van der Waals surface area contributed by atoms with Crippen LogP contribution in [0.3, 0.4) is 0 Å². The van der Waals surface area contributed by atoms with E-state index in [9.17, 15) is 37.8 Å². The van der Waals surface area contributed by atoms with Crippen molar-refractivity contribution in [3.63, 3.8) is 0 Å². The maximum atomic E-state index is 11.6. The van der Waals surface area contributed by atoms with Crippen LogP contribution in [-0.2, 0) is 14.4 Å². The van der Waals surface area contributed by atoms with E-state index in [1.54, 1.807) is 0 Å². The molecule has 1 aromatic carbocycles. The fourth-order valence-corrected chi connectivity index (χ4v) is 1.45. The van der Waals surface area contributed by atoms with Crippen LogP contribution in [-0.4, -0.2) is 48.6 Å². The van der Waals surface area contributed by atoms with Gasteiger partial charge in [0.25, 0.3) is 0 Å². The summed E-state index contributed by atoms with van der Waals surface area (Å²) in [6.07, 6.45) is -5.19. The van der Waals surface area contributed by atoms with E-state index in [0.29, 0.717) is 0 Å². The summed E-state index contributed by atoms with van der Waals surface area (Å²) in [6.45, 7) is 1.47. The number of aliphatic carboxylic acids is 3. The second-order valence-electron chi connectivity index (χ2n) is 5.63. The molecule has 0 radical (unpaired) electrons. The van der Waals surface area contributed by atoms with Crippen molar-refractivity contribution in [2.45, 2.75) is 25.6 Å². The monoisotopic (exact) mass is 422 g/mol. The minimum absolute atomic E-state index is 0.0518. The van der Waals surface area contributed by atoms with Crippen molar-refractivity contribution >= 4 is 23.7 Å². The number of carboxylic acid groups (broad SMARTS) is 3. The Morgan fingerprint density at radius 3 is 1.90 bits per heavy atom. The molecule has 0 amide bonds. The first-order valence-corrected chi connectivity index (χ1v) is 7.50. The standard InChI is InChI=1S/C14H17NO7.C2HF3O2/c1-14(2,13(19)20)22-10-4-3-8(9(16)6-15)5-11(10)21-7-12(17)18;3-2(4,5)1(6)7/h3-5H,6-7,15H2,1-2H3,(H,17,18)(H,19,20);(H,6,7)/p-3. The van der Waals surface area contributed by atoms with E-state index in [1.807, 2.05) is 0 Å². The van der Waals surface area contributed by atoms with Gasteiger partial charge in [-0.25, -0.2) is 0 Å². The van der Waals surface area contributed by atoms with Gasteiger partial charge in [-0.05, 0) is 32.0 Å². The number of halogens is 3. The van der Waals surface area contributed by atoms with Crippen molar-refractivity contribution in [3.8, 4) is 11.5 Å². The molecule has 13 heteroatoms. The van der Waals surface area contributed by atoms with E-state index in [0.717, 1.165) is 0 Å². The first-order valence-electron chi connectivity index (χ1n) is 7.50. The predicted molar refractivity (Wildman–Crippen MR) is 81.1 cm³/mol. The fourth-order valence-electron chi connectivity index (χ4n) is 1.45. The van der Waals surface area contributed by atoms with Crippen LogP contribution in [0.5, 0.6) is 11.5 Å². The van der Waals surface area contributed by atoms with E-state index in [1.165, 1.54) is 32.0 Å². The van der Waals surface area contributed by atoms with Gasteiger partial charge in [0.15, 0.2) is 17.3 Å². The molecule has 0 aromatic heterocycles. The first kappa shape index (κ1) is 25.6. The van der Waals surface area contributed by atoms with E-state index < -0.39 is 42.1 Å². The summed E-state index contributed by atoms with van der Waals surface area (Å²) in [5.41, 5.74) is 3.74. The van der Waals surface area contributed by atoms with Gasteiger partial charge in [0.1, 0.15) is 18.2 Å². The number of hydrogen-bond donors (Lipinski definition) is 1. The zero-order chi connectivity index (χ0) is 23.0. The Bertz CT molecular complexity index is 775. The molecular formula is C16H15F3NO9-3. The van der Waals surface area contributed by atoms with Gasteiger partial charge in [-0.15, -0.1) is 0 Å². The number of carbonyl (C=O) groups excluding carboxylic acids is 4. The Balaban J connectivity index is 0.000000956. The molecule has 0 unspecified atom stereocenters. The number of alkyl halides is 3. The van der Waals surface area contributed by atoms with E-state index >= 15 is 0 Å². The second-order valence-corrected chi connectivity index (χ2v) is 5.63. The summed E-state index contributed by atoms with van der Waals surface area (Å²) >= 11 is 0. The molecule has 0 heterocycles. The lowest BCUT2D eigenvalue weighted by Gasteiger charge is -2.28. The zero-order valence-corrected chi connectivity index (χ0v) is 15.0. The molecule has 0 aliphatic heterocycles. The Morgan fingerprint density at radius 2 is 1.52 bits per heavy atom. The van der Waals surface area contributed by atoms with Crippen molar-refractivity contribution in [2.24, 2.45) is 5.73 Å². The Morgan fingerprint density at radius 1 is 1.00 bits per heavy atom. The molecular weight excluding hydrogens is 407 g/mol. The smallest absolute Gasteiger partial charge is 0.430 e. The van der Waals surface area contributed by atoms with Crippen molar-refractivity contribution in [2.75, 3.05) is 13.2 Å². The highest BCUT2D eigenvalue weighted by molar-refractivity contribution is 5.98. The highest BCUT2D eigenvalue weighted by Gasteiger charge is 2.28. The molecule has 0 aliphatic carbocycles. The average molecular weight is 422 g/mol. The third-order valence-electron chi connectivity index (χ3n) is 2.88. The Hall–Kier alpha value is -3.35. The summed E-state index contributed by atoms with van der Waals surface area (Å²) in [5.74, 6) is -6.53. The zero-order valence-electron chi connectivity index (χ0n) is 15.0. The molecule has 1 rings (SSSR count). The maximum Gasteiger partial charge on any atom is 0.430 e. The highest BCUT2D eigenvalue weighted by Crippen LogP contribution is 2.31. The normalized spacial score (nSPS) is 11.0. The number of carbonyl (C=O) groups is 4. The lowest BCUT2D eigenvalue weighted by atomic mass is 10.1. The Kier molecular flexibility index (Phi) is 9.08. The molecule has 2 N–H and O–H groups in total. The third kappa shape index (κ3) is 8.92. The number of carboxylic acids is 3. The van der Waals surface area contributed by atoms with Crippen molar-refractivity contribution in [1.82, 2.24) is 0 Å². The average Bonchev–Trinajstić information content (AvgIpc) is 2.59. The molecule has 162 valence electrons. The van der Waals surface area contributed by atoms with Crippen LogP contribution in [0.25, 0.3) is 0 Å². The number of hydrogen-bond acceptors (Lipinski definition) is 10. The fraction of sp³-hybridized carbons (Fsp3) is 0.375.